The first-order valence-electron chi connectivity index (χ1n) is 11.8. The molecule has 1 aliphatic carbocycles. The molecule has 0 amide bonds. The molecule has 0 radical (unpaired) electrons. The van der Waals surface area contributed by atoms with E-state index < -0.39 is 0 Å². The summed E-state index contributed by atoms with van der Waals surface area (Å²) in [6.07, 6.45) is 3.66. The Labute approximate surface area is 234 Å². The van der Waals surface area contributed by atoms with E-state index in [2.05, 4.69) is 62.2 Å². The smallest absolute Gasteiger partial charge is 0.271 e. The molecule has 1 aliphatic heterocycles. The minimum Gasteiger partial charge on any atom is -0.496 e. The lowest BCUT2D eigenvalue weighted by molar-refractivity contribution is 0.402. The fourth-order valence-electron chi connectivity index (χ4n) is 5.20. The van der Waals surface area contributed by atoms with Crippen LogP contribution in [0.4, 0.5) is 0 Å². The van der Waals surface area contributed by atoms with Crippen LogP contribution < -0.4 is 24.4 Å². The molecular weight excluding hydrogens is 616 g/mol. The maximum atomic E-state index is 14.0. The molecule has 5 nitrogen and oxygen atoms in total. The number of aromatic nitrogens is 1. The Kier molecular flexibility index (Phi) is 6.42. The second kappa shape index (κ2) is 9.74. The fourth-order valence-corrected chi connectivity index (χ4v) is 7.75. The molecule has 4 aromatic rings. The fraction of sp³-hybridized carbons (Fsp3) is 0.172. The van der Waals surface area contributed by atoms with Crippen LogP contribution in [-0.4, -0.2) is 18.8 Å². The number of ether oxygens (including phenoxy) is 2. The Bertz CT molecular complexity index is 1750. The van der Waals surface area contributed by atoms with Gasteiger partial charge in [-0.05, 0) is 85.7 Å². The van der Waals surface area contributed by atoms with E-state index in [-0.39, 0.29) is 11.6 Å². The van der Waals surface area contributed by atoms with E-state index >= 15 is 0 Å². The van der Waals surface area contributed by atoms with Gasteiger partial charge in [0, 0.05) is 11.1 Å². The van der Waals surface area contributed by atoms with E-state index in [0.717, 1.165) is 55.5 Å². The zero-order valence-electron chi connectivity index (χ0n) is 20.1. The van der Waals surface area contributed by atoms with Crippen LogP contribution in [0.3, 0.4) is 0 Å². The summed E-state index contributed by atoms with van der Waals surface area (Å²) in [6, 6.07) is 20.0. The second-order valence-electron chi connectivity index (χ2n) is 8.87. The number of rotatable bonds is 4. The van der Waals surface area contributed by atoms with Gasteiger partial charge < -0.3 is 9.47 Å². The molecule has 2 heterocycles. The summed E-state index contributed by atoms with van der Waals surface area (Å²) >= 11 is 8.54. The molecule has 37 heavy (non-hydrogen) atoms. The van der Waals surface area contributed by atoms with Crippen LogP contribution in [-0.2, 0) is 6.42 Å². The molecular formula is C29H22Br2N2O3S. The number of halogens is 2. The largest absolute Gasteiger partial charge is 0.496 e. The third kappa shape index (κ3) is 4.11. The number of methoxy groups -OCH3 is 2. The zero-order valence-corrected chi connectivity index (χ0v) is 24.1. The van der Waals surface area contributed by atoms with Crippen molar-refractivity contribution < 1.29 is 9.47 Å². The van der Waals surface area contributed by atoms with Gasteiger partial charge in [-0.1, -0.05) is 53.8 Å². The zero-order chi connectivity index (χ0) is 25.7. The van der Waals surface area contributed by atoms with Crippen LogP contribution in [0.25, 0.3) is 11.8 Å². The third-order valence-corrected chi connectivity index (χ3v) is 8.99. The molecule has 0 bridgehead atoms. The molecule has 8 heteroatoms. The topological polar surface area (TPSA) is 52.8 Å². The van der Waals surface area contributed by atoms with Crippen molar-refractivity contribution >= 4 is 55.0 Å². The van der Waals surface area contributed by atoms with Gasteiger partial charge in [-0.3, -0.25) is 9.36 Å². The Morgan fingerprint density at radius 2 is 1.73 bits per heavy atom. The van der Waals surface area contributed by atoms with Gasteiger partial charge in [0.25, 0.3) is 5.56 Å². The van der Waals surface area contributed by atoms with Gasteiger partial charge in [-0.2, -0.15) is 0 Å². The highest BCUT2D eigenvalue weighted by Gasteiger charge is 2.33. The number of allylic oxidation sites excluding steroid dienone is 1. The van der Waals surface area contributed by atoms with Gasteiger partial charge in [-0.15, -0.1) is 0 Å². The Balaban J connectivity index is 1.62. The average Bonchev–Trinajstić information content (AvgIpc) is 3.21. The highest BCUT2D eigenvalue weighted by molar-refractivity contribution is 9.11. The Hall–Kier alpha value is -2.94. The number of hydrogen-bond donors (Lipinski definition) is 0. The van der Waals surface area contributed by atoms with Gasteiger partial charge in [-0.25, -0.2) is 4.99 Å². The van der Waals surface area contributed by atoms with Crippen molar-refractivity contribution in [2.75, 3.05) is 14.2 Å². The van der Waals surface area contributed by atoms with Crippen molar-refractivity contribution in [3.05, 3.63) is 117 Å². The minimum atomic E-state index is -0.285. The van der Waals surface area contributed by atoms with Crippen LogP contribution in [0.2, 0.25) is 0 Å². The summed E-state index contributed by atoms with van der Waals surface area (Å²) in [4.78, 5) is 19.8. The van der Waals surface area contributed by atoms with Crippen molar-refractivity contribution in [3.8, 4) is 11.5 Å². The first-order chi connectivity index (χ1) is 18.0. The van der Waals surface area contributed by atoms with Crippen LogP contribution in [0.1, 0.15) is 34.7 Å². The first kappa shape index (κ1) is 24.4. The lowest BCUT2D eigenvalue weighted by atomic mass is 9.83. The van der Waals surface area contributed by atoms with E-state index in [4.69, 9.17) is 14.5 Å². The highest BCUT2D eigenvalue weighted by atomic mass is 79.9. The number of benzene rings is 3. The summed E-state index contributed by atoms with van der Waals surface area (Å²) < 4.78 is 15.3. The van der Waals surface area contributed by atoms with Gasteiger partial charge in [0.05, 0.1) is 39.4 Å². The third-order valence-electron chi connectivity index (χ3n) is 6.83. The lowest BCUT2D eigenvalue weighted by Gasteiger charge is -2.31. The Morgan fingerprint density at radius 1 is 1.00 bits per heavy atom. The predicted octanol–water partition coefficient (Wildman–Crippen LogP) is 5.86. The number of nitrogens with zero attached hydrogens (tertiary/aromatic N) is 2. The van der Waals surface area contributed by atoms with Gasteiger partial charge >= 0.3 is 0 Å². The van der Waals surface area contributed by atoms with Crippen LogP contribution in [0.5, 0.6) is 11.5 Å². The first-order valence-corrected chi connectivity index (χ1v) is 14.2. The van der Waals surface area contributed by atoms with Crippen LogP contribution in [0.15, 0.2) is 85.0 Å². The normalized spacial score (nSPS) is 16.5. The number of para-hydroxylation sites is 1. The van der Waals surface area contributed by atoms with Gasteiger partial charge in [0.2, 0.25) is 0 Å². The minimum absolute atomic E-state index is 0.0619. The molecule has 186 valence electrons. The maximum absolute atomic E-state index is 14.0. The molecule has 0 fully saturated rings. The van der Waals surface area contributed by atoms with E-state index in [1.165, 1.54) is 16.9 Å². The number of fused-ring (bicyclic) bond motifs is 3. The van der Waals surface area contributed by atoms with Crippen molar-refractivity contribution in [2.24, 2.45) is 4.99 Å². The van der Waals surface area contributed by atoms with Crippen molar-refractivity contribution in [3.63, 3.8) is 0 Å². The van der Waals surface area contributed by atoms with Crippen LogP contribution >= 0.6 is 43.2 Å². The molecule has 0 unspecified atom stereocenters. The predicted molar refractivity (Wildman–Crippen MR) is 154 cm³/mol. The number of hydrogen-bond acceptors (Lipinski definition) is 5. The number of thiazole rings is 1. The molecule has 1 atom stereocenters. The van der Waals surface area contributed by atoms with E-state index in [1.54, 1.807) is 14.2 Å². The molecule has 6 rings (SSSR count). The van der Waals surface area contributed by atoms with E-state index in [9.17, 15) is 4.79 Å². The molecule has 3 aromatic carbocycles. The van der Waals surface area contributed by atoms with Crippen molar-refractivity contribution in [1.29, 1.82) is 0 Å². The standard InChI is InChI=1S/C29H22Br2N2O3S/c1-35-23-10-6-5-9-19(23)26-20-12-11-17-7-3-4-8-18(17)25(20)32-29-33(26)28(34)24(37-29)15-16-13-21(30)27(36-2)22(31)14-16/h3-10,13-15,26H,11-12H2,1-2H3/b24-15-/t26-/m0/s1. The SMILES string of the molecule is COc1ccccc1[C@H]1C2=C(N=c3s/c(=C\c4cc(Br)c(OC)c(Br)c4)c(=O)n31)c1ccccc1CC2. The molecule has 0 spiro atoms. The van der Waals surface area contributed by atoms with Crippen molar-refractivity contribution in [2.45, 2.75) is 18.9 Å². The van der Waals surface area contributed by atoms with Crippen LogP contribution in [0, 0.1) is 0 Å². The number of aryl methyl sites for hydroxylation is 1. The molecule has 0 saturated carbocycles. The average molecular weight is 638 g/mol. The maximum Gasteiger partial charge on any atom is 0.271 e. The second-order valence-corrected chi connectivity index (χ2v) is 11.6. The Morgan fingerprint density at radius 3 is 2.49 bits per heavy atom. The van der Waals surface area contributed by atoms with E-state index in [1.807, 2.05) is 41.0 Å². The van der Waals surface area contributed by atoms with E-state index in [0.29, 0.717) is 15.1 Å². The lowest BCUT2D eigenvalue weighted by Crippen LogP contribution is -2.39. The van der Waals surface area contributed by atoms with Crippen molar-refractivity contribution in [1.82, 2.24) is 4.57 Å². The summed E-state index contributed by atoms with van der Waals surface area (Å²) in [6.45, 7) is 0. The summed E-state index contributed by atoms with van der Waals surface area (Å²) in [5.41, 5.74) is 6.34. The molecule has 1 aromatic heterocycles. The summed E-state index contributed by atoms with van der Waals surface area (Å²) in [7, 11) is 3.30. The monoisotopic (exact) mass is 636 g/mol. The highest BCUT2D eigenvalue weighted by Crippen LogP contribution is 2.43. The quantitative estimate of drug-likeness (QED) is 0.282. The van der Waals surface area contributed by atoms with Gasteiger partial charge in [0.15, 0.2) is 4.80 Å². The summed E-state index contributed by atoms with van der Waals surface area (Å²) in [5, 5.41) is 0. The summed E-state index contributed by atoms with van der Waals surface area (Å²) in [5.74, 6) is 1.47. The molecule has 0 N–H and O–H groups in total. The molecule has 2 aliphatic rings. The van der Waals surface area contributed by atoms with Gasteiger partial charge in [0.1, 0.15) is 11.5 Å². The molecule has 0 saturated heterocycles.